The molecule has 0 rings (SSSR count). The van der Waals surface area contributed by atoms with Crippen molar-refractivity contribution >= 4 is 0 Å². The van der Waals surface area contributed by atoms with E-state index in [2.05, 4.69) is 13.8 Å². The van der Waals surface area contributed by atoms with Crippen molar-refractivity contribution in [3.8, 4) is 0 Å². The molecule has 0 unspecified atom stereocenters. The summed E-state index contributed by atoms with van der Waals surface area (Å²) in [6, 6.07) is 0. The molecule has 0 aliphatic rings. The van der Waals surface area contributed by atoms with Crippen LogP contribution in [0.15, 0.2) is 5.57 Å². The van der Waals surface area contributed by atoms with Crippen molar-refractivity contribution in [3.63, 3.8) is 0 Å². The number of hydrogen-bond acceptors (Lipinski definition) is 0. The quantitative estimate of drug-likeness (QED) is 0.447. The zero-order chi connectivity index (χ0) is 4.99. The number of hydrogen-bond donors (Lipinski definition) is 0. The summed E-state index contributed by atoms with van der Waals surface area (Å²) in [4.78, 5) is 0. The van der Waals surface area contributed by atoms with Crippen LogP contribution in [0.25, 0.3) is 0 Å². The lowest BCUT2D eigenvalue weighted by molar-refractivity contribution is 0.927. The lowest BCUT2D eigenvalue weighted by atomic mass is 10.2. The Kier molecular flexibility index (Phi) is 2.70. The van der Waals surface area contributed by atoms with Gasteiger partial charge >= 0.3 is 0 Å². The van der Waals surface area contributed by atoms with Gasteiger partial charge in [0, 0.05) is 13.3 Å². The van der Waals surface area contributed by atoms with E-state index in [1.165, 1.54) is 0 Å². The monoisotopic (exact) mass is 82.1 g/mol. The molecule has 0 aromatic carbocycles. The van der Waals surface area contributed by atoms with Crippen LogP contribution >= 0.6 is 0 Å². The van der Waals surface area contributed by atoms with Crippen LogP contribution in [-0.2, 0) is 0 Å². The Labute approximate surface area is 39.9 Å². The van der Waals surface area contributed by atoms with Crippen molar-refractivity contribution in [2.45, 2.75) is 19.8 Å². The maximum atomic E-state index is 5.21. The molecule has 0 aliphatic carbocycles. The van der Waals surface area contributed by atoms with E-state index in [0.717, 1.165) is 18.4 Å². The van der Waals surface area contributed by atoms with Crippen molar-refractivity contribution < 1.29 is 0 Å². The lowest BCUT2D eigenvalue weighted by Gasteiger charge is -1.76. The van der Waals surface area contributed by atoms with E-state index in [9.17, 15) is 0 Å². The van der Waals surface area contributed by atoms with Gasteiger partial charge in [0.05, 0.1) is 0 Å². The first-order chi connectivity index (χ1) is 2.77. The average molecular weight is 82.1 g/mol. The van der Waals surface area contributed by atoms with Gasteiger partial charge in [-0.05, 0) is 6.42 Å². The Morgan fingerprint density at radius 3 is 2.33 bits per heavy atom. The zero-order valence-corrected chi connectivity index (χ0v) is 4.20. The third-order valence-corrected chi connectivity index (χ3v) is 0.571. The van der Waals surface area contributed by atoms with E-state index < -0.39 is 0 Å². The minimum Gasteiger partial charge on any atom is -0.0649 e. The summed E-state index contributed by atoms with van der Waals surface area (Å²) >= 11 is 0. The molecule has 0 aromatic heterocycles. The molecule has 0 nitrogen and oxygen atoms in total. The second kappa shape index (κ2) is 2.87. The molecule has 0 saturated carbocycles. The molecular formula is C6H10+. The molecule has 0 aromatic rings. The van der Waals surface area contributed by atoms with Gasteiger partial charge in [0.25, 0.3) is 0 Å². The molecule has 6 heavy (non-hydrogen) atoms. The maximum Gasteiger partial charge on any atom is 0.205 e. The van der Waals surface area contributed by atoms with Crippen LogP contribution in [0.5, 0.6) is 0 Å². The lowest BCUT2D eigenvalue weighted by Crippen LogP contribution is -1.67. The third kappa shape index (κ3) is 3.65. The van der Waals surface area contributed by atoms with Crippen LogP contribution in [0.4, 0.5) is 0 Å². The Hall–Kier alpha value is -0.350. The molecule has 33 valence electrons. The zero-order valence-electron chi connectivity index (χ0n) is 4.20. The Morgan fingerprint density at radius 2 is 2.33 bits per heavy atom. The van der Waals surface area contributed by atoms with Crippen LogP contribution in [0, 0.1) is 13.5 Å². The van der Waals surface area contributed by atoms with Crippen LogP contribution in [-0.4, -0.2) is 0 Å². The average Bonchev–Trinajstić information content (AvgIpc) is 1.35. The fraction of sp³-hybridized carbons (Fsp3) is 0.500. The van der Waals surface area contributed by atoms with E-state index in [0.29, 0.717) is 0 Å². The van der Waals surface area contributed by atoms with Crippen LogP contribution in [0.3, 0.4) is 0 Å². The minimum atomic E-state index is 0.789. The Bertz CT molecular complexity index is 44.0. The summed E-state index contributed by atoms with van der Waals surface area (Å²) in [6.07, 6.45) is 2.06. The van der Waals surface area contributed by atoms with Gasteiger partial charge in [-0.2, -0.15) is 0 Å². The molecule has 0 saturated heterocycles. The van der Waals surface area contributed by atoms with Gasteiger partial charge in [0.15, 0.2) is 5.57 Å². The van der Waals surface area contributed by atoms with E-state index in [1.807, 2.05) is 0 Å². The molecule has 0 spiro atoms. The Balaban J connectivity index is 2.83. The van der Waals surface area contributed by atoms with Crippen LogP contribution in [0.1, 0.15) is 19.8 Å². The predicted molar refractivity (Wildman–Crippen MR) is 28.1 cm³/mol. The van der Waals surface area contributed by atoms with Gasteiger partial charge < -0.3 is 0 Å². The number of rotatable bonds is 2. The highest BCUT2D eigenvalue weighted by Gasteiger charge is 1.88. The first-order valence-corrected chi connectivity index (χ1v) is 2.20. The largest absolute Gasteiger partial charge is 0.205 e. The smallest absolute Gasteiger partial charge is 0.0649 e. The molecule has 0 atom stereocenters. The minimum absolute atomic E-state index is 0.789. The summed E-state index contributed by atoms with van der Waals surface area (Å²) in [5.41, 5.74) is 0.789. The fourth-order valence-electron chi connectivity index (χ4n) is 0.321. The summed E-state index contributed by atoms with van der Waals surface area (Å²) < 4.78 is 0. The predicted octanol–water partition coefficient (Wildman–Crippen LogP) is 1.98. The van der Waals surface area contributed by atoms with Gasteiger partial charge in [0.1, 0.15) is 0 Å². The van der Waals surface area contributed by atoms with Crippen molar-refractivity contribution in [3.05, 3.63) is 19.1 Å². The van der Waals surface area contributed by atoms with Gasteiger partial charge in [-0.15, -0.1) is 0 Å². The van der Waals surface area contributed by atoms with E-state index in [1.54, 1.807) is 0 Å². The number of allylic oxidation sites excluding steroid dienone is 1. The van der Waals surface area contributed by atoms with Gasteiger partial charge in [-0.1, -0.05) is 6.92 Å². The van der Waals surface area contributed by atoms with E-state index in [4.69, 9.17) is 6.58 Å². The highest BCUT2D eigenvalue weighted by atomic mass is 13.8. The van der Waals surface area contributed by atoms with Crippen molar-refractivity contribution in [1.29, 1.82) is 0 Å². The summed E-state index contributed by atoms with van der Waals surface area (Å²) in [7, 11) is 0. The fourth-order valence-corrected chi connectivity index (χ4v) is 0.321. The van der Waals surface area contributed by atoms with Gasteiger partial charge in [0.2, 0.25) is 6.58 Å². The van der Waals surface area contributed by atoms with Gasteiger partial charge in [-0.25, -0.2) is 0 Å². The normalized spacial score (nSPS) is 8.17. The first-order valence-electron chi connectivity index (χ1n) is 2.20. The highest BCUT2D eigenvalue weighted by molar-refractivity contribution is 4.93. The SMILES string of the molecule is [CH+]=C([CH2])CCC. The second-order valence-electron chi connectivity index (χ2n) is 1.41. The molecule has 0 N–H and O–H groups in total. The third-order valence-electron chi connectivity index (χ3n) is 0.571. The molecule has 0 heteroatoms. The summed E-state index contributed by atoms with van der Waals surface area (Å²) in [6.45, 7) is 10.8. The van der Waals surface area contributed by atoms with Crippen LogP contribution in [0.2, 0.25) is 0 Å². The molecule has 0 aliphatic heterocycles. The van der Waals surface area contributed by atoms with Crippen molar-refractivity contribution in [2.75, 3.05) is 0 Å². The molecule has 0 amide bonds. The van der Waals surface area contributed by atoms with Crippen molar-refractivity contribution in [2.24, 2.45) is 0 Å². The topological polar surface area (TPSA) is 0 Å². The highest BCUT2D eigenvalue weighted by Crippen LogP contribution is 1.95. The first kappa shape index (κ1) is 5.65. The van der Waals surface area contributed by atoms with E-state index >= 15 is 0 Å². The Morgan fingerprint density at radius 1 is 1.83 bits per heavy atom. The standard InChI is InChI=1S/C6H10/c1-4-5-6(2)3/h2H,3-5H2,1H3/q+1. The molecule has 0 fully saturated rings. The van der Waals surface area contributed by atoms with Crippen LogP contribution < -0.4 is 0 Å². The van der Waals surface area contributed by atoms with Gasteiger partial charge in [-0.3, -0.25) is 0 Å². The molecule has 1 radical (unpaired) electrons. The molecular weight excluding hydrogens is 72.1 g/mol. The summed E-state index contributed by atoms with van der Waals surface area (Å²) in [5.74, 6) is 0. The maximum absolute atomic E-state index is 5.21. The molecule has 0 heterocycles. The van der Waals surface area contributed by atoms with E-state index in [-0.39, 0.29) is 0 Å². The van der Waals surface area contributed by atoms with Crippen molar-refractivity contribution in [1.82, 2.24) is 0 Å². The second-order valence-corrected chi connectivity index (χ2v) is 1.41. The summed E-state index contributed by atoms with van der Waals surface area (Å²) in [5, 5.41) is 0. The molecule has 0 bridgehead atoms.